The van der Waals surface area contributed by atoms with E-state index in [-0.39, 0.29) is 6.04 Å². The van der Waals surface area contributed by atoms with Gasteiger partial charge in [-0.25, -0.2) is 5.48 Å². The first-order chi connectivity index (χ1) is 5.06. The zero-order valence-corrected chi connectivity index (χ0v) is 8.09. The van der Waals surface area contributed by atoms with Gasteiger partial charge < -0.3 is 5.21 Å². The molecule has 0 aliphatic heterocycles. The molecule has 2 nitrogen and oxygen atoms in total. The molecule has 0 amide bonds. The molecule has 2 heteroatoms. The van der Waals surface area contributed by atoms with Crippen LogP contribution in [-0.4, -0.2) is 11.2 Å². The molecule has 0 saturated heterocycles. The van der Waals surface area contributed by atoms with Gasteiger partial charge in [0.15, 0.2) is 0 Å². The summed E-state index contributed by atoms with van der Waals surface area (Å²) in [5.41, 5.74) is 2.36. The maximum absolute atomic E-state index is 8.77. The summed E-state index contributed by atoms with van der Waals surface area (Å²) in [5, 5.41) is 8.77. The monoisotopic (exact) mass is 159 g/mol. The second-order valence-corrected chi connectivity index (χ2v) is 4.09. The van der Waals surface area contributed by atoms with E-state index in [4.69, 9.17) is 5.21 Å². The number of hydrogen-bond donors (Lipinski definition) is 2. The molecule has 68 valence electrons. The van der Waals surface area contributed by atoms with Crippen LogP contribution < -0.4 is 5.48 Å². The minimum absolute atomic E-state index is 0.273. The third-order valence-electron chi connectivity index (χ3n) is 1.69. The van der Waals surface area contributed by atoms with Gasteiger partial charge in [-0.05, 0) is 24.7 Å². The highest BCUT2D eigenvalue weighted by atomic mass is 16.5. The highest BCUT2D eigenvalue weighted by molar-refractivity contribution is 4.65. The summed E-state index contributed by atoms with van der Waals surface area (Å²) in [6, 6.07) is 0.273. The molecule has 0 atom stereocenters. The van der Waals surface area contributed by atoms with Gasteiger partial charge in [0.05, 0.1) is 0 Å². The molecule has 0 fully saturated rings. The van der Waals surface area contributed by atoms with Crippen molar-refractivity contribution in [2.45, 2.75) is 46.6 Å². The lowest BCUT2D eigenvalue weighted by Gasteiger charge is -2.18. The Hall–Kier alpha value is -0.0800. The zero-order valence-electron chi connectivity index (χ0n) is 8.09. The Morgan fingerprint density at radius 1 is 1.00 bits per heavy atom. The van der Waals surface area contributed by atoms with E-state index in [9.17, 15) is 0 Å². The molecular weight excluding hydrogens is 138 g/mol. The number of hydrogen-bond acceptors (Lipinski definition) is 2. The summed E-state index contributed by atoms with van der Waals surface area (Å²) in [5.74, 6) is 1.30. The van der Waals surface area contributed by atoms with E-state index in [2.05, 4.69) is 33.2 Å². The minimum atomic E-state index is 0.273. The standard InChI is InChI=1S/C9H21NO/c1-7(2)5-9(10-11)6-8(3)4/h7-11H,5-6H2,1-4H3. The van der Waals surface area contributed by atoms with Crippen LogP contribution in [0.1, 0.15) is 40.5 Å². The lowest BCUT2D eigenvalue weighted by atomic mass is 9.96. The Morgan fingerprint density at radius 3 is 1.55 bits per heavy atom. The molecule has 0 aromatic rings. The fraction of sp³-hybridized carbons (Fsp3) is 1.00. The van der Waals surface area contributed by atoms with E-state index < -0.39 is 0 Å². The van der Waals surface area contributed by atoms with Crippen molar-refractivity contribution < 1.29 is 5.21 Å². The van der Waals surface area contributed by atoms with E-state index in [0.29, 0.717) is 11.8 Å². The van der Waals surface area contributed by atoms with Crippen molar-refractivity contribution in [3.8, 4) is 0 Å². The third-order valence-corrected chi connectivity index (χ3v) is 1.69. The molecule has 0 rings (SSSR count). The Morgan fingerprint density at radius 2 is 1.36 bits per heavy atom. The molecular formula is C9H21NO. The van der Waals surface area contributed by atoms with Gasteiger partial charge in [-0.15, -0.1) is 0 Å². The van der Waals surface area contributed by atoms with Gasteiger partial charge in [-0.1, -0.05) is 27.7 Å². The minimum Gasteiger partial charge on any atom is -0.317 e. The van der Waals surface area contributed by atoms with Crippen molar-refractivity contribution >= 4 is 0 Å². The van der Waals surface area contributed by atoms with Crippen molar-refractivity contribution in [2.75, 3.05) is 0 Å². The molecule has 0 aliphatic rings. The second kappa shape index (κ2) is 5.56. The van der Waals surface area contributed by atoms with E-state index in [1.165, 1.54) is 0 Å². The van der Waals surface area contributed by atoms with Crippen LogP contribution in [0.3, 0.4) is 0 Å². The van der Waals surface area contributed by atoms with Crippen LogP contribution in [0.2, 0.25) is 0 Å². The van der Waals surface area contributed by atoms with Gasteiger partial charge >= 0.3 is 0 Å². The Bertz CT molecular complexity index is 81.6. The largest absolute Gasteiger partial charge is 0.317 e. The highest BCUT2D eigenvalue weighted by Gasteiger charge is 2.10. The number of rotatable bonds is 5. The van der Waals surface area contributed by atoms with E-state index >= 15 is 0 Å². The molecule has 0 unspecified atom stereocenters. The summed E-state index contributed by atoms with van der Waals surface area (Å²) < 4.78 is 0. The summed E-state index contributed by atoms with van der Waals surface area (Å²) in [7, 11) is 0. The fourth-order valence-corrected chi connectivity index (χ4v) is 1.34. The van der Waals surface area contributed by atoms with Crippen molar-refractivity contribution in [3.63, 3.8) is 0 Å². The first-order valence-corrected chi connectivity index (χ1v) is 4.45. The van der Waals surface area contributed by atoms with Gasteiger partial charge in [-0.2, -0.15) is 0 Å². The Balaban J connectivity index is 3.58. The third kappa shape index (κ3) is 6.32. The molecule has 0 aliphatic carbocycles. The maximum atomic E-state index is 8.77. The normalized spacial score (nSPS) is 12.0. The van der Waals surface area contributed by atoms with Crippen molar-refractivity contribution in [1.29, 1.82) is 0 Å². The topological polar surface area (TPSA) is 32.3 Å². The summed E-state index contributed by atoms with van der Waals surface area (Å²) in [6.45, 7) is 8.69. The lowest BCUT2D eigenvalue weighted by Crippen LogP contribution is -2.28. The zero-order chi connectivity index (χ0) is 8.85. The van der Waals surface area contributed by atoms with Gasteiger partial charge in [0.25, 0.3) is 0 Å². The molecule has 0 radical (unpaired) electrons. The smallest absolute Gasteiger partial charge is 0.0324 e. The molecule has 0 aromatic heterocycles. The van der Waals surface area contributed by atoms with Crippen LogP contribution in [0.15, 0.2) is 0 Å². The van der Waals surface area contributed by atoms with Crippen molar-refractivity contribution in [1.82, 2.24) is 5.48 Å². The van der Waals surface area contributed by atoms with Crippen molar-refractivity contribution in [3.05, 3.63) is 0 Å². The molecule has 0 aromatic carbocycles. The van der Waals surface area contributed by atoms with Crippen LogP contribution in [0.4, 0.5) is 0 Å². The van der Waals surface area contributed by atoms with Crippen LogP contribution in [0.5, 0.6) is 0 Å². The SMILES string of the molecule is CC(C)CC(CC(C)C)NO. The quantitative estimate of drug-likeness (QED) is 0.604. The first-order valence-electron chi connectivity index (χ1n) is 4.45. The van der Waals surface area contributed by atoms with E-state index in [1.54, 1.807) is 0 Å². The number of hydroxylamine groups is 1. The maximum Gasteiger partial charge on any atom is 0.0324 e. The predicted molar refractivity (Wildman–Crippen MR) is 47.6 cm³/mol. The summed E-state index contributed by atoms with van der Waals surface area (Å²) in [4.78, 5) is 0. The first kappa shape index (κ1) is 10.9. The van der Waals surface area contributed by atoms with Crippen LogP contribution >= 0.6 is 0 Å². The molecule has 2 N–H and O–H groups in total. The van der Waals surface area contributed by atoms with Crippen LogP contribution in [0, 0.1) is 11.8 Å². The Kier molecular flexibility index (Phi) is 5.51. The van der Waals surface area contributed by atoms with Gasteiger partial charge in [0, 0.05) is 6.04 Å². The predicted octanol–water partition coefficient (Wildman–Crippen LogP) is 2.43. The van der Waals surface area contributed by atoms with Crippen molar-refractivity contribution in [2.24, 2.45) is 11.8 Å². The number of nitrogens with one attached hydrogen (secondary N) is 1. The summed E-state index contributed by atoms with van der Waals surface area (Å²) >= 11 is 0. The van der Waals surface area contributed by atoms with Crippen LogP contribution in [-0.2, 0) is 0 Å². The molecule has 11 heavy (non-hydrogen) atoms. The Labute approximate surface area is 70.0 Å². The lowest BCUT2D eigenvalue weighted by molar-refractivity contribution is 0.105. The average Bonchev–Trinajstić information content (AvgIpc) is 1.84. The summed E-state index contributed by atoms with van der Waals surface area (Å²) in [6.07, 6.45) is 2.10. The molecule has 0 heterocycles. The van der Waals surface area contributed by atoms with Gasteiger partial charge in [-0.3, -0.25) is 0 Å². The van der Waals surface area contributed by atoms with E-state index in [0.717, 1.165) is 12.8 Å². The highest BCUT2D eigenvalue weighted by Crippen LogP contribution is 2.12. The fourth-order valence-electron chi connectivity index (χ4n) is 1.34. The van der Waals surface area contributed by atoms with E-state index in [1.807, 2.05) is 0 Å². The van der Waals surface area contributed by atoms with Gasteiger partial charge in [0.2, 0.25) is 0 Å². The van der Waals surface area contributed by atoms with Gasteiger partial charge in [0.1, 0.15) is 0 Å². The molecule has 0 bridgehead atoms. The second-order valence-electron chi connectivity index (χ2n) is 4.09. The average molecular weight is 159 g/mol. The molecule has 0 spiro atoms. The molecule has 0 saturated carbocycles. The van der Waals surface area contributed by atoms with Crippen LogP contribution in [0.25, 0.3) is 0 Å².